The van der Waals surface area contributed by atoms with Gasteiger partial charge in [0.25, 0.3) is 0 Å². The van der Waals surface area contributed by atoms with Crippen LogP contribution in [0.2, 0.25) is 0 Å². The van der Waals surface area contributed by atoms with Crippen LogP contribution < -0.4 is 0 Å². The predicted molar refractivity (Wildman–Crippen MR) is 155 cm³/mol. The number of hydrogen-bond acceptors (Lipinski definition) is 15. The van der Waals surface area contributed by atoms with Gasteiger partial charge in [-0.1, -0.05) is 18.2 Å². The molecule has 15 nitrogen and oxygen atoms in total. The van der Waals surface area contributed by atoms with E-state index >= 15 is 0 Å². The van der Waals surface area contributed by atoms with Crippen LogP contribution in [0.1, 0.15) is 25.0 Å². The van der Waals surface area contributed by atoms with Crippen LogP contribution in [0, 0.1) is 0 Å². The van der Waals surface area contributed by atoms with Gasteiger partial charge in [-0.2, -0.15) is 0 Å². The summed E-state index contributed by atoms with van der Waals surface area (Å²) in [6.45, 7) is 1.71. The number of ether oxygens (including phenoxy) is 6. The van der Waals surface area contributed by atoms with Crippen molar-refractivity contribution in [2.45, 2.75) is 81.7 Å². The average molecular weight is 651 g/mol. The average Bonchev–Trinajstić information content (AvgIpc) is 3.02. The molecule has 2 saturated heterocycles. The summed E-state index contributed by atoms with van der Waals surface area (Å²) >= 11 is 0. The molecular formula is C31H38O15. The minimum atomic E-state index is -1.79. The van der Waals surface area contributed by atoms with Crippen molar-refractivity contribution >= 4 is 18.0 Å². The molecule has 0 radical (unpaired) electrons. The fourth-order valence-electron chi connectivity index (χ4n) is 4.99. The first-order valence-electron chi connectivity index (χ1n) is 14.5. The van der Waals surface area contributed by atoms with Gasteiger partial charge in [-0.15, -0.1) is 0 Å². The Morgan fingerprint density at radius 2 is 1.57 bits per heavy atom. The molecule has 10 atom stereocenters. The fourth-order valence-corrected chi connectivity index (χ4v) is 4.99. The Kier molecular flexibility index (Phi) is 11.9. The topological polar surface area (TPSA) is 231 Å². The lowest BCUT2D eigenvalue weighted by atomic mass is 9.96. The monoisotopic (exact) mass is 650 g/mol. The van der Waals surface area contributed by atoms with Gasteiger partial charge >= 0.3 is 11.9 Å². The third kappa shape index (κ3) is 8.71. The zero-order valence-electron chi connectivity index (χ0n) is 25.0. The van der Waals surface area contributed by atoms with E-state index < -0.39 is 80.0 Å². The number of aromatic hydroxyl groups is 3. The second-order valence-electron chi connectivity index (χ2n) is 10.9. The number of carbonyl (C=O) groups excluding carboxylic acids is 2. The second-order valence-corrected chi connectivity index (χ2v) is 10.9. The van der Waals surface area contributed by atoms with E-state index in [4.69, 9.17) is 28.4 Å². The number of phenols is 3. The smallest absolute Gasteiger partial charge is 0.331 e. The number of esters is 2. The van der Waals surface area contributed by atoms with E-state index in [9.17, 15) is 45.3 Å². The van der Waals surface area contributed by atoms with Crippen molar-refractivity contribution in [2.24, 2.45) is 0 Å². The van der Waals surface area contributed by atoms with Crippen LogP contribution in [0.5, 0.6) is 17.2 Å². The first-order valence-corrected chi connectivity index (χ1v) is 14.5. The molecule has 7 N–H and O–H groups in total. The Bertz CT molecular complexity index is 1350. The highest BCUT2D eigenvalue weighted by Gasteiger charge is 2.54. The van der Waals surface area contributed by atoms with E-state index in [-0.39, 0.29) is 30.3 Å². The number of benzene rings is 2. The Hall–Kier alpha value is -3.80. The van der Waals surface area contributed by atoms with E-state index in [1.807, 2.05) is 0 Å². The summed E-state index contributed by atoms with van der Waals surface area (Å²) in [5, 5.41) is 70.3. The van der Waals surface area contributed by atoms with Gasteiger partial charge in [0.2, 0.25) is 0 Å². The summed E-state index contributed by atoms with van der Waals surface area (Å²) in [4.78, 5) is 25.2. The highest BCUT2D eigenvalue weighted by molar-refractivity contribution is 5.87. The number of hydrogen-bond donors (Lipinski definition) is 7. The summed E-state index contributed by atoms with van der Waals surface area (Å²) in [5.74, 6) is -2.35. The summed E-state index contributed by atoms with van der Waals surface area (Å²) in [6.07, 6.45) is -12.1. The number of carbonyl (C=O) groups is 2. The number of aliphatic hydroxyl groups excluding tert-OH is 4. The van der Waals surface area contributed by atoms with Crippen molar-refractivity contribution in [1.29, 1.82) is 0 Å². The third-order valence-corrected chi connectivity index (χ3v) is 7.44. The van der Waals surface area contributed by atoms with Gasteiger partial charge in [0.05, 0.1) is 19.3 Å². The van der Waals surface area contributed by atoms with Crippen molar-refractivity contribution in [3.8, 4) is 17.2 Å². The Morgan fingerprint density at radius 1 is 0.848 bits per heavy atom. The molecule has 4 rings (SSSR count). The van der Waals surface area contributed by atoms with E-state index in [2.05, 4.69) is 0 Å². The molecule has 2 aromatic rings. The lowest BCUT2D eigenvalue weighted by Gasteiger charge is -2.47. The zero-order chi connectivity index (χ0) is 33.5. The summed E-state index contributed by atoms with van der Waals surface area (Å²) < 4.78 is 34.5. The molecule has 2 aliphatic rings. The van der Waals surface area contributed by atoms with Crippen molar-refractivity contribution in [2.75, 3.05) is 13.2 Å². The number of rotatable bonds is 11. The van der Waals surface area contributed by atoms with Crippen LogP contribution >= 0.6 is 0 Å². The molecule has 0 spiro atoms. The van der Waals surface area contributed by atoms with E-state index in [0.29, 0.717) is 11.1 Å². The standard InChI is InChI=1S/C31H38O15/c1-15-24(38)25(39)26(40)30(42-15)46-28-27(45-23(37)10-6-17-3-7-19(34)8-4-17)22(14-32)44-31(29(28)43-16(2)33)41-12-11-18-5-9-20(35)21(36)13-18/h3-10,13,15,22,24-32,34-36,38-40H,11-12,14H2,1-2H3. The maximum Gasteiger partial charge on any atom is 0.331 e. The molecule has 15 heteroatoms. The molecule has 2 aromatic carbocycles. The lowest BCUT2D eigenvalue weighted by molar-refractivity contribution is -0.358. The van der Waals surface area contributed by atoms with Crippen molar-refractivity contribution in [3.05, 3.63) is 59.7 Å². The van der Waals surface area contributed by atoms with Gasteiger partial charge in [0.15, 0.2) is 36.3 Å². The van der Waals surface area contributed by atoms with Gasteiger partial charge in [-0.3, -0.25) is 4.79 Å². The third-order valence-electron chi connectivity index (χ3n) is 7.44. The molecule has 0 saturated carbocycles. The van der Waals surface area contributed by atoms with Crippen molar-refractivity contribution < 1.29 is 73.8 Å². The van der Waals surface area contributed by atoms with Gasteiger partial charge < -0.3 is 64.2 Å². The number of phenolic OH excluding ortho intramolecular Hbond substituents is 3. The molecule has 0 bridgehead atoms. The molecule has 46 heavy (non-hydrogen) atoms. The largest absolute Gasteiger partial charge is 0.508 e. The minimum absolute atomic E-state index is 0.0263. The van der Waals surface area contributed by atoms with Gasteiger partial charge in [0, 0.05) is 13.0 Å². The predicted octanol–water partition coefficient (Wildman–Crippen LogP) is -0.151. The minimum Gasteiger partial charge on any atom is -0.508 e. The summed E-state index contributed by atoms with van der Waals surface area (Å²) in [6, 6.07) is 10.1. The molecule has 0 amide bonds. The Labute approximate surface area is 263 Å². The van der Waals surface area contributed by atoms with Crippen LogP contribution in [-0.4, -0.2) is 122 Å². The molecule has 0 aromatic heterocycles. The van der Waals surface area contributed by atoms with Crippen molar-refractivity contribution in [1.82, 2.24) is 0 Å². The highest BCUT2D eigenvalue weighted by atomic mass is 16.8. The molecule has 2 fully saturated rings. The van der Waals surface area contributed by atoms with E-state index in [1.54, 1.807) is 18.2 Å². The van der Waals surface area contributed by atoms with Crippen LogP contribution in [0.4, 0.5) is 0 Å². The summed E-state index contributed by atoms with van der Waals surface area (Å²) in [5.41, 5.74) is 1.13. The van der Waals surface area contributed by atoms with Crippen LogP contribution in [0.3, 0.4) is 0 Å². The van der Waals surface area contributed by atoms with E-state index in [0.717, 1.165) is 13.0 Å². The molecule has 2 heterocycles. The summed E-state index contributed by atoms with van der Waals surface area (Å²) in [7, 11) is 0. The lowest BCUT2D eigenvalue weighted by Crippen LogP contribution is -2.65. The second kappa shape index (κ2) is 15.7. The van der Waals surface area contributed by atoms with Crippen LogP contribution in [0.15, 0.2) is 48.5 Å². The molecule has 2 aliphatic heterocycles. The SMILES string of the molecule is CC(=O)OC1C(OCCc2ccc(O)c(O)c2)OC(CO)C(OC(=O)C=Cc2ccc(O)cc2)C1OC1OC(C)C(O)C(O)C1O. The normalized spacial score (nSPS) is 31.4. The van der Waals surface area contributed by atoms with Gasteiger partial charge in [-0.25, -0.2) is 4.79 Å². The fraction of sp³-hybridized carbons (Fsp3) is 0.484. The Morgan fingerprint density at radius 3 is 2.22 bits per heavy atom. The van der Waals surface area contributed by atoms with Gasteiger partial charge in [0.1, 0.15) is 36.3 Å². The molecule has 252 valence electrons. The van der Waals surface area contributed by atoms with Gasteiger partial charge in [-0.05, 0) is 54.8 Å². The molecular weight excluding hydrogens is 612 g/mol. The highest BCUT2D eigenvalue weighted by Crippen LogP contribution is 2.33. The maximum absolute atomic E-state index is 13.0. The van der Waals surface area contributed by atoms with Crippen LogP contribution in [-0.2, 0) is 44.4 Å². The van der Waals surface area contributed by atoms with E-state index in [1.165, 1.54) is 37.3 Å². The maximum atomic E-state index is 13.0. The zero-order valence-corrected chi connectivity index (χ0v) is 25.0. The molecule has 0 aliphatic carbocycles. The van der Waals surface area contributed by atoms with Crippen molar-refractivity contribution in [3.63, 3.8) is 0 Å². The quantitative estimate of drug-likeness (QED) is 0.0952. The first-order chi connectivity index (χ1) is 21.9. The van der Waals surface area contributed by atoms with Crippen LogP contribution in [0.25, 0.3) is 6.08 Å². The first kappa shape index (κ1) is 35.1. The Balaban J connectivity index is 1.61. The number of aliphatic hydroxyl groups is 4. The molecule has 10 unspecified atom stereocenters.